The third kappa shape index (κ3) is 2.98. The Morgan fingerprint density at radius 1 is 1.25 bits per heavy atom. The molecule has 90 valence electrons. The van der Waals surface area contributed by atoms with Gasteiger partial charge in [-0.25, -0.2) is 4.39 Å². The lowest BCUT2D eigenvalue weighted by atomic mass is 10.2. The average molecular weight is 261 g/mol. The van der Waals surface area contributed by atoms with Gasteiger partial charge in [-0.3, -0.25) is 0 Å². The Labute approximate surface area is 103 Å². The Kier molecular flexibility index (Phi) is 3.70. The van der Waals surface area contributed by atoms with Crippen LogP contribution in [0.2, 0.25) is 23.2 Å². The van der Waals surface area contributed by atoms with E-state index in [0.29, 0.717) is 10.8 Å². The van der Waals surface area contributed by atoms with Crippen LogP contribution in [0.4, 0.5) is 4.39 Å². The maximum Gasteiger partial charge on any atom is 0.250 e. The van der Waals surface area contributed by atoms with E-state index < -0.39 is 8.32 Å². The normalized spacial score (nSPS) is 12.7. The zero-order chi connectivity index (χ0) is 12.6. The first-order chi connectivity index (χ1) is 7.13. The third-order valence-electron chi connectivity index (χ3n) is 3.06. The SMILES string of the molecule is CC(C)(C)[Si](C)(C)Oc1cc(F)ccc1Cl. The van der Waals surface area contributed by atoms with Crippen molar-refractivity contribution < 1.29 is 8.82 Å². The summed E-state index contributed by atoms with van der Waals surface area (Å²) in [7, 11) is -1.95. The average Bonchev–Trinajstić information content (AvgIpc) is 2.09. The highest BCUT2D eigenvalue weighted by molar-refractivity contribution is 6.74. The molecule has 0 bridgehead atoms. The number of hydrogen-bond acceptors (Lipinski definition) is 1. The van der Waals surface area contributed by atoms with Crippen LogP contribution in [0.3, 0.4) is 0 Å². The maximum atomic E-state index is 13.1. The predicted octanol–water partition coefficient (Wildman–Crippen LogP) is 4.86. The Morgan fingerprint density at radius 2 is 1.81 bits per heavy atom. The summed E-state index contributed by atoms with van der Waals surface area (Å²) in [6.45, 7) is 10.6. The largest absolute Gasteiger partial charge is 0.542 e. The van der Waals surface area contributed by atoms with Crippen molar-refractivity contribution in [3.63, 3.8) is 0 Å². The van der Waals surface area contributed by atoms with Crippen molar-refractivity contribution in [3.05, 3.63) is 29.0 Å². The second-order valence-corrected chi connectivity index (χ2v) is 10.6. The van der Waals surface area contributed by atoms with Gasteiger partial charge in [-0.2, -0.15) is 0 Å². The molecular formula is C12H18ClFOSi. The fourth-order valence-corrected chi connectivity index (χ4v) is 2.23. The predicted molar refractivity (Wildman–Crippen MR) is 69.2 cm³/mol. The Balaban J connectivity index is 3.01. The van der Waals surface area contributed by atoms with Crippen LogP contribution >= 0.6 is 11.6 Å². The molecule has 16 heavy (non-hydrogen) atoms. The number of hydrogen-bond donors (Lipinski definition) is 0. The van der Waals surface area contributed by atoms with E-state index in [2.05, 4.69) is 33.9 Å². The third-order valence-corrected chi connectivity index (χ3v) is 7.72. The Morgan fingerprint density at radius 3 is 2.31 bits per heavy atom. The molecule has 0 aliphatic rings. The zero-order valence-corrected chi connectivity index (χ0v) is 12.2. The molecule has 1 nitrogen and oxygen atoms in total. The first kappa shape index (κ1) is 13.5. The maximum absolute atomic E-state index is 13.1. The van der Waals surface area contributed by atoms with E-state index in [1.54, 1.807) is 0 Å². The van der Waals surface area contributed by atoms with Crippen molar-refractivity contribution in [2.75, 3.05) is 0 Å². The van der Waals surface area contributed by atoms with Gasteiger partial charge in [0.05, 0.1) is 5.02 Å². The van der Waals surface area contributed by atoms with Gasteiger partial charge in [-0.15, -0.1) is 0 Å². The molecule has 0 saturated carbocycles. The topological polar surface area (TPSA) is 9.23 Å². The van der Waals surface area contributed by atoms with Crippen LogP contribution in [0.15, 0.2) is 18.2 Å². The van der Waals surface area contributed by atoms with E-state index in [1.165, 1.54) is 18.2 Å². The van der Waals surface area contributed by atoms with E-state index in [-0.39, 0.29) is 10.9 Å². The van der Waals surface area contributed by atoms with Gasteiger partial charge < -0.3 is 4.43 Å². The second-order valence-electron chi connectivity index (χ2n) is 5.44. The van der Waals surface area contributed by atoms with Crippen LogP contribution < -0.4 is 4.43 Å². The molecule has 0 aliphatic heterocycles. The minimum atomic E-state index is -1.95. The monoisotopic (exact) mass is 260 g/mol. The highest BCUT2D eigenvalue weighted by Crippen LogP contribution is 2.39. The van der Waals surface area contributed by atoms with Crippen molar-refractivity contribution in [3.8, 4) is 5.75 Å². The van der Waals surface area contributed by atoms with E-state index >= 15 is 0 Å². The van der Waals surface area contributed by atoms with Crippen LogP contribution in [0.5, 0.6) is 5.75 Å². The van der Waals surface area contributed by atoms with Gasteiger partial charge in [0.1, 0.15) is 11.6 Å². The molecule has 0 amide bonds. The molecule has 0 atom stereocenters. The summed E-state index contributed by atoms with van der Waals surface area (Å²) in [6, 6.07) is 4.21. The summed E-state index contributed by atoms with van der Waals surface area (Å²) in [5.74, 6) is 0.131. The molecule has 0 radical (unpaired) electrons. The number of halogens is 2. The van der Waals surface area contributed by atoms with E-state index in [1.807, 2.05) is 0 Å². The number of rotatable bonds is 2. The summed E-state index contributed by atoms with van der Waals surface area (Å²) < 4.78 is 19.0. The minimum Gasteiger partial charge on any atom is -0.542 e. The highest BCUT2D eigenvalue weighted by atomic mass is 35.5. The molecule has 0 spiro atoms. The molecule has 1 aromatic carbocycles. The lowest BCUT2D eigenvalue weighted by Gasteiger charge is -2.36. The van der Waals surface area contributed by atoms with Crippen LogP contribution in [-0.2, 0) is 0 Å². The fraction of sp³-hybridized carbons (Fsp3) is 0.500. The smallest absolute Gasteiger partial charge is 0.250 e. The molecular weight excluding hydrogens is 243 g/mol. The molecule has 0 saturated heterocycles. The van der Waals surface area contributed by atoms with Gasteiger partial charge >= 0.3 is 0 Å². The van der Waals surface area contributed by atoms with Crippen LogP contribution in [0.25, 0.3) is 0 Å². The van der Waals surface area contributed by atoms with Crippen molar-refractivity contribution in [1.29, 1.82) is 0 Å². The summed E-state index contributed by atoms with van der Waals surface area (Å²) >= 11 is 5.98. The molecule has 1 aromatic rings. The Bertz CT molecular complexity index is 385. The fourth-order valence-electron chi connectivity index (χ4n) is 0.983. The van der Waals surface area contributed by atoms with Gasteiger partial charge in [-0.1, -0.05) is 32.4 Å². The summed E-state index contributed by atoms with van der Waals surface area (Å²) in [5, 5.41) is 0.536. The first-order valence-corrected chi connectivity index (χ1v) is 8.56. The molecule has 0 aromatic heterocycles. The zero-order valence-electron chi connectivity index (χ0n) is 10.4. The molecule has 0 unspecified atom stereocenters. The summed E-state index contributed by atoms with van der Waals surface area (Å²) in [5.41, 5.74) is 0. The van der Waals surface area contributed by atoms with Crippen molar-refractivity contribution in [1.82, 2.24) is 0 Å². The van der Waals surface area contributed by atoms with Gasteiger partial charge in [0.25, 0.3) is 8.32 Å². The highest BCUT2D eigenvalue weighted by Gasteiger charge is 2.39. The van der Waals surface area contributed by atoms with Crippen LogP contribution in [-0.4, -0.2) is 8.32 Å². The van der Waals surface area contributed by atoms with E-state index in [0.717, 1.165) is 0 Å². The molecule has 1 rings (SSSR count). The van der Waals surface area contributed by atoms with E-state index in [4.69, 9.17) is 16.0 Å². The lowest BCUT2D eigenvalue weighted by molar-refractivity contribution is 0.487. The quantitative estimate of drug-likeness (QED) is 0.690. The van der Waals surface area contributed by atoms with Crippen molar-refractivity contribution in [2.45, 2.75) is 38.9 Å². The second kappa shape index (κ2) is 4.38. The lowest BCUT2D eigenvalue weighted by Crippen LogP contribution is -2.43. The molecule has 0 heterocycles. The van der Waals surface area contributed by atoms with Gasteiger partial charge in [0.15, 0.2) is 0 Å². The summed E-state index contributed by atoms with van der Waals surface area (Å²) in [6.07, 6.45) is 0. The van der Waals surface area contributed by atoms with Crippen LogP contribution in [0.1, 0.15) is 20.8 Å². The van der Waals surface area contributed by atoms with E-state index in [9.17, 15) is 4.39 Å². The molecule has 0 fully saturated rings. The van der Waals surface area contributed by atoms with Crippen molar-refractivity contribution >= 4 is 19.9 Å². The number of benzene rings is 1. The minimum absolute atomic E-state index is 0.0721. The summed E-state index contributed by atoms with van der Waals surface area (Å²) in [4.78, 5) is 0. The molecule has 0 N–H and O–H groups in total. The Hall–Kier alpha value is -0.543. The van der Waals surface area contributed by atoms with Crippen LogP contribution in [0, 0.1) is 5.82 Å². The van der Waals surface area contributed by atoms with Crippen molar-refractivity contribution in [2.24, 2.45) is 0 Å². The van der Waals surface area contributed by atoms with Gasteiger partial charge in [0, 0.05) is 6.07 Å². The molecule has 4 heteroatoms. The molecule has 0 aliphatic carbocycles. The standard InChI is InChI=1S/C12H18ClFOSi/c1-12(2,3)16(4,5)15-11-8-9(14)6-7-10(11)13/h6-8H,1-5H3. The van der Waals surface area contributed by atoms with Gasteiger partial charge in [-0.05, 0) is 30.3 Å². The first-order valence-electron chi connectivity index (χ1n) is 5.27. The van der Waals surface area contributed by atoms with Gasteiger partial charge in [0.2, 0.25) is 0 Å².